The van der Waals surface area contributed by atoms with Crippen LogP contribution in [0.1, 0.15) is 30.7 Å². The molecule has 1 amide bonds. The lowest BCUT2D eigenvalue weighted by Gasteiger charge is -2.29. The maximum absolute atomic E-state index is 12.3. The number of para-hydroxylation sites is 1. The molecule has 6 heteroatoms. The Labute approximate surface area is 148 Å². The molecule has 2 aromatic rings. The summed E-state index contributed by atoms with van der Waals surface area (Å²) >= 11 is 0. The predicted octanol–water partition coefficient (Wildman–Crippen LogP) is 2.27. The van der Waals surface area contributed by atoms with Crippen molar-refractivity contribution in [2.45, 2.75) is 39.2 Å². The molecule has 3 rings (SSSR count). The SMILES string of the molecule is Cc1nn(-c2ccccc2)c(C)c1NC(=O)CCN1CCCC(O)C1. The van der Waals surface area contributed by atoms with E-state index in [2.05, 4.69) is 15.3 Å². The van der Waals surface area contributed by atoms with Crippen LogP contribution in [0, 0.1) is 13.8 Å². The Bertz CT molecular complexity index is 727. The van der Waals surface area contributed by atoms with E-state index in [-0.39, 0.29) is 12.0 Å². The van der Waals surface area contributed by atoms with Crippen molar-refractivity contribution in [1.82, 2.24) is 14.7 Å². The number of aryl methyl sites for hydroxylation is 1. The van der Waals surface area contributed by atoms with Gasteiger partial charge in [0.25, 0.3) is 0 Å². The van der Waals surface area contributed by atoms with Crippen LogP contribution in [-0.4, -0.2) is 51.4 Å². The fourth-order valence-electron chi connectivity index (χ4n) is 3.34. The Hall–Kier alpha value is -2.18. The van der Waals surface area contributed by atoms with E-state index in [1.54, 1.807) is 0 Å². The molecule has 0 aliphatic carbocycles. The van der Waals surface area contributed by atoms with Gasteiger partial charge in [0.05, 0.1) is 28.9 Å². The molecule has 0 radical (unpaired) electrons. The number of aliphatic hydroxyl groups excluding tert-OH is 1. The summed E-state index contributed by atoms with van der Waals surface area (Å²) in [6.45, 7) is 6.16. The minimum absolute atomic E-state index is 0.0149. The van der Waals surface area contributed by atoms with E-state index >= 15 is 0 Å². The number of nitrogens with zero attached hydrogens (tertiary/aromatic N) is 3. The van der Waals surface area contributed by atoms with Crippen molar-refractivity contribution in [2.24, 2.45) is 0 Å². The number of hydrogen-bond acceptors (Lipinski definition) is 4. The number of rotatable bonds is 5. The highest BCUT2D eigenvalue weighted by atomic mass is 16.3. The highest BCUT2D eigenvalue weighted by Crippen LogP contribution is 2.23. The lowest BCUT2D eigenvalue weighted by molar-refractivity contribution is -0.116. The van der Waals surface area contributed by atoms with Gasteiger partial charge in [-0.1, -0.05) is 18.2 Å². The molecule has 2 heterocycles. The summed E-state index contributed by atoms with van der Waals surface area (Å²) in [6, 6.07) is 9.89. The molecule has 1 atom stereocenters. The van der Waals surface area contributed by atoms with Crippen LogP contribution < -0.4 is 5.32 Å². The Kier molecular flexibility index (Phi) is 5.50. The van der Waals surface area contributed by atoms with Gasteiger partial charge in [0.2, 0.25) is 5.91 Å². The van der Waals surface area contributed by atoms with E-state index in [0.717, 1.165) is 42.1 Å². The normalized spacial score (nSPS) is 18.3. The Morgan fingerprint density at radius 2 is 2.08 bits per heavy atom. The van der Waals surface area contributed by atoms with Crippen molar-refractivity contribution in [2.75, 3.05) is 25.0 Å². The van der Waals surface area contributed by atoms with Gasteiger partial charge in [-0.25, -0.2) is 4.68 Å². The van der Waals surface area contributed by atoms with Gasteiger partial charge in [0.1, 0.15) is 0 Å². The zero-order chi connectivity index (χ0) is 17.8. The van der Waals surface area contributed by atoms with Gasteiger partial charge < -0.3 is 15.3 Å². The Morgan fingerprint density at radius 1 is 1.32 bits per heavy atom. The molecule has 1 saturated heterocycles. The quantitative estimate of drug-likeness (QED) is 0.874. The van der Waals surface area contributed by atoms with Crippen molar-refractivity contribution in [3.05, 3.63) is 41.7 Å². The zero-order valence-corrected chi connectivity index (χ0v) is 14.9. The molecule has 1 fully saturated rings. The number of carbonyl (C=O) groups excluding carboxylic acids is 1. The predicted molar refractivity (Wildman–Crippen MR) is 98.0 cm³/mol. The van der Waals surface area contributed by atoms with Crippen LogP contribution in [0.5, 0.6) is 0 Å². The third-order valence-corrected chi connectivity index (χ3v) is 4.69. The summed E-state index contributed by atoms with van der Waals surface area (Å²) in [6.07, 6.45) is 2.01. The maximum Gasteiger partial charge on any atom is 0.225 e. The second-order valence-electron chi connectivity index (χ2n) is 6.69. The van der Waals surface area contributed by atoms with Gasteiger partial charge in [-0.05, 0) is 45.4 Å². The van der Waals surface area contributed by atoms with E-state index in [1.165, 1.54) is 0 Å². The number of aliphatic hydroxyl groups is 1. The smallest absolute Gasteiger partial charge is 0.225 e. The average Bonchev–Trinajstić information content (AvgIpc) is 2.89. The van der Waals surface area contributed by atoms with Gasteiger partial charge in [-0.3, -0.25) is 4.79 Å². The van der Waals surface area contributed by atoms with Crippen LogP contribution >= 0.6 is 0 Å². The fourth-order valence-corrected chi connectivity index (χ4v) is 3.34. The van der Waals surface area contributed by atoms with Gasteiger partial charge in [0, 0.05) is 19.5 Å². The van der Waals surface area contributed by atoms with Crippen molar-refractivity contribution < 1.29 is 9.90 Å². The number of likely N-dealkylation sites (tertiary alicyclic amines) is 1. The first kappa shape index (κ1) is 17.6. The first-order valence-corrected chi connectivity index (χ1v) is 8.86. The second-order valence-corrected chi connectivity index (χ2v) is 6.69. The Morgan fingerprint density at radius 3 is 2.80 bits per heavy atom. The first-order valence-electron chi connectivity index (χ1n) is 8.86. The third kappa shape index (κ3) is 4.27. The molecule has 1 unspecified atom stereocenters. The number of anilines is 1. The van der Waals surface area contributed by atoms with E-state index in [0.29, 0.717) is 19.5 Å². The van der Waals surface area contributed by atoms with Crippen molar-refractivity contribution in [3.63, 3.8) is 0 Å². The number of carbonyl (C=O) groups is 1. The summed E-state index contributed by atoms with van der Waals surface area (Å²) in [5.74, 6) is -0.0149. The Balaban J connectivity index is 1.62. The lowest BCUT2D eigenvalue weighted by Crippen LogP contribution is -2.39. The van der Waals surface area contributed by atoms with Gasteiger partial charge >= 0.3 is 0 Å². The molecule has 1 aromatic carbocycles. The van der Waals surface area contributed by atoms with Gasteiger partial charge in [-0.2, -0.15) is 5.10 Å². The molecular weight excluding hydrogens is 316 g/mol. The summed E-state index contributed by atoms with van der Waals surface area (Å²) in [5.41, 5.74) is 3.49. The first-order chi connectivity index (χ1) is 12.0. The fraction of sp³-hybridized carbons (Fsp3) is 0.474. The summed E-state index contributed by atoms with van der Waals surface area (Å²) in [7, 11) is 0. The monoisotopic (exact) mass is 342 g/mol. The van der Waals surface area contributed by atoms with Crippen LogP contribution in [0.25, 0.3) is 5.69 Å². The minimum Gasteiger partial charge on any atom is -0.392 e. The molecule has 2 N–H and O–H groups in total. The molecule has 1 aliphatic rings. The van der Waals surface area contributed by atoms with Crippen LogP contribution in [0.15, 0.2) is 30.3 Å². The highest BCUT2D eigenvalue weighted by molar-refractivity contribution is 5.92. The topological polar surface area (TPSA) is 70.4 Å². The summed E-state index contributed by atoms with van der Waals surface area (Å²) in [4.78, 5) is 14.5. The number of β-amino-alcohol motifs (C(OH)–C–C–N with tert-alkyl or cyclic N) is 1. The van der Waals surface area contributed by atoms with Crippen LogP contribution in [-0.2, 0) is 4.79 Å². The van der Waals surface area contributed by atoms with Gasteiger partial charge in [0.15, 0.2) is 0 Å². The van der Waals surface area contributed by atoms with E-state index in [9.17, 15) is 9.90 Å². The number of amides is 1. The zero-order valence-electron chi connectivity index (χ0n) is 14.9. The average molecular weight is 342 g/mol. The van der Waals surface area contributed by atoms with E-state index < -0.39 is 0 Å². The molecule has 0 spiro atoms. The number of piperidine rings is 1. The molecule has 1 aromatic heterocycles. The summed E-state index contributed by atoms with van der Waals surface area (Å²) in [5, 5.41) is 17.3. The minimum atomic E-state index is -0.259. The largest absolute Gasteiger partial charge is 0.392 e. The van der Waals surface area contributed by atoms with Crippen LogP contribution in [0.2, 0.25) is 0 Å². The van der Waals surface area contributed by atoms with Crippen LogP contribution in [0.4, 0.5) is 5.69 Å². The number of nitrogens with one attached hydrogen (secondary N) is 1. The lowest BCUT2D eigenvalue weighted by atomic mass is 10.1. The van der Waals surface area contributed by atoms with Gasteiger partial charge in [-0.15, -0.1) is 0 Å². The second kappa shape index (κ2) is 7.80. The van der Waals surface area contributed by atoms with Crippen molar-refractivity contribution >= 4 is 11.6 Å². The molecule has 25 heavy (non-hydrogen) atoms. The molecule has 6 nitrogen and oxygen atoms in total. The number of hydrogen-bond donors (Lipinski definition) is 2. The molecule has 0 saturated carbocycles. The van der Waals surface area contributed by atoms with E-state index in [1.807, 2.05) is 48.9 Å². The van der Waals surface area contributed by atoms with Crippen LogP contribution in [0.3, 0.4) is 0 Å². The molecular formula is C19H26N4O2. The van der Waals surface area contributed by atoms with E-state index in [4.69, 9.17) is 0 Å². The summed E-state index contributed by atoms with van der Waals surface area (Å²) < 4.78 is 1.85. The highest BCUT2D eigenvalue weighted by Gasteiger charge is 2.19. The molecule has 0 bridgehead atoms. The maximum atomic E-state index is 12.3. The van der Waals surface area contributed by atoms with Crippen molar-refractivity contribution in [3.8, 4) is 5.69 Å². The number of benzene rings is 1. The molecule has 1 aliphatic heterocycles. The van der Waals surface area contributed by atoms with Crippen molar-refractivity contribution in [1.29, 1.82) is 0 Å². The standard InChI is InChI=1S/C19H26N4O2/c1-14-19(15(2)23(21-14)16-7-4-3-5-8-16)20-18(25)10-12-22-11-6-9-17(24)13-22/h3-5,7-8,17,24H,6,9-13H2,1-2H3,(H,20,25). The third-order valence-electron chi connectivity index (χ3n) is 4.69. The number of aromatic nitrogens is 2. The molecule has 134 valence electrons.